The van der Waals surface area contributed by atoms with Crippen LogP contribution in [0, 0.1) is 19.7 Å². The van der Waals surface area contributed by atoms with E-state index >= 15 is 4.39 Å². The van der Waals surface area contributed by atoms with Crippen LogP contribution < -0.4 is 16.6 Å². The van der Waals surface area contributed by atoms with Crippen LogP contribution in [0.3, 0.4) is 0 Å². The van der Waals surface area contributed by atoms with E-state index in [-0.39, 0.29) is 10.9 Å². The summed E-state index contributed by atoms with van der Waals surface area (Å²) in [7, 11) is 3.07. The normalized spacial score (nSPS) is 14.6. The number of anilines is 1. The van der Waals surface area contributed by atoms with Crippen molar-refractivity contribution in [3.05, 3.63) is 104 Å². The van der Waals surface area contributed by atoms with Crippen LogP contribution in [0.2, 0.25) is 0 Å². The topological polar surface area (TPSA) is 74.1 Å². The summed E-state index contributed by atoms with van der Waals surface area (Å²) >= 11 is 0. The SMILES string of the molecule is Cc1cc2c(cc1C)-n1c(-c3ccccc3F)c3c(=O)n(C)c(=O)n(C)c3c1[C@@H](c1ccco1)N2. The number of hydrogen-bond donors (Lipinski definition) is 1. The Hall–Kier alpha value is -4.33. The maximum atomic E-state index is 15.3. The second-order valence-electron chi connectivity index (χ2n) is 9.02. The van der Waals surface area contributed by atoms with Gasteiger partial charge in [-0.2, -0.15) is 0 Å². The van der Waals surface area contributed by atoms with Crippen LogP contribution in [-0.2, 0) is 14.1 Å². The molecule has 0 amide bonds. The average molecular weight is 471 g/mol. The lowest BCUT2D eigenvalue weighted by Crippen LogP contribution is -2.37. The van der Waals surface area contributed by atoms with Crippen molar-refractivity contribution in [1.29, 1.82) is 0 Å². The first kappa shape index (κ1) is 21.2. The third-order valence-corrected chi connectivity index (χ3v) is 6.99. The number of nitrogens with one attached hydrogen (secondary N) is 1. The number of fused-ring (bicyclic) bond motifs is 5. The van der Waals surface area contributed by atoms with Crippen LogP contribution in [0.1, 0.15) is 28.6 Å². The lowest BCUT2D eigenvalue weighted by Gasteiger charge is -2.30. The van der Waals surface area contributed by atoms with Crippen LogP contribution in [0.15, 0.2) is 68.8 Å². The highest BCUT2D eigenvalue weighted by atomic mass is 19.1. The molecule has 5 aromatic rings. The van der Waals surface area contributed by atoms with Gasteiger partial charge < -0.3 is 14.3 Å². The Kier molecular flexibility index (Phi) is 4.45. The molecule has 8 heteroatoms. The molecule has 0 unspecified atom stereocenters. The zero-order valence-electron chi connectivity index (χ0n) is 19.7. The van der Waals surface area contributed by atoms with Crippen molar-refractivity contribution in [2.75, 3.05) is 5.32 Å². The molecule has 0 aliphatic carbocycles. The maximum absolute atomic E-state index is 15.3. The average Bonchev–Trinajstić information content (AvgIpc) is 3.49. The van der Waals surface area contributed by atoms with Gasteiger partial charge in [0.25, 0.3) is 5.56 Å². The highest BCUT2D eigenvalue weighted by Crippen LogP contribution is 2.46. The van der Waals surface area contributed by atoms with Crippen LogP contribution in [-0.4, -0.2) is 13.7 Å². The van der Waals surface area contributed by atoms with E-state index in [2.05, 4.69) is 5.32 Å². The number of nitrogens with zero attached hydrogens (tertiary/aromatic N) is 3. The van der Waals surface area contributed by atoms with Gasteiger partial charge in [-0.15, -0.1) is 0 Å². The van der Waals surface area contributed by atoms with E-state index in [0.717, 1.165) is 27.1 Å². The third kappa shape index (κ3) is 2.83. The number of aryl methyl sites for hydroxylation is 3. The molecule has 2 aromatic carbocycles. The van der Waals surface area contributed by atoms with Crippen LogP contribution in [0.4, 0.5) is 10.1 Å². The maximum Gasteiger partial charge on any atom is 0.331 e. The Morgan fingerprint density at radius 1 is 0.971 bits per heavy atom. The minimum absolute atomic E-state index is 0.277. The summed E-state index contributed by atoms with van der Waals surface area (Å²) in [5, 5.41) is 3.82. The quantitative estimate of drug-likeness (QED) is 0.411. The minimum Gasteiger partial charge on any atom is -0.467 e. The summed E-state index contributed by atoms with van der Waals surface area (Å²) in [6.07, 6.45) is 1.58. The fourth-order valence-corrected chi connectivity index (χ4v) is 5.11. The number of rotatable bonds is 2. The molecule has 0 saturated carbocycles. The molecule has 35 heavy (non-hydrogen) atoms. The highest BCUT2D eigenvalue weighted by Gasteiger charge is 2.36. The number of benzene rings is 2. The van der Waals surface area contributed by atoms with Crippen molar-refractivity contribution >= 4 is 16.6 Å². The first-order valence-corrected chi connectivity index (χ1v) is 11.3. The number of aromatic nitrogens is 3. The molecule has 1 N–H and O–H groups in total. The van der Waals surface area contributed by atoms with Crippen LogP contribution >= 0.6 is 0 Å². The van der Waals surface area contributed by atoms with E-state index in [1.807, 2.05) is 36.6 Å². The van der Waals surface area contributed by atoms with Gasteiger partial charge in [-0.05, 0) is 61.4 Å². The molecule has 0 radical (unpaired) electrons. The summed E-state index contributed by atoms with van der Waals surface area (Å²) in [5.74, 6) is 0.159. The Bertz CT molecular complexity index is 1770. The smallest absolute Gasteiger partial charge is 0.331 e. The molecule has 1 aliphatic heterocycles. The summed E-state index contributed by atoms with van der Waals surface area (Å²) in [4.78, 5) is 26.7. The van der Waals surface area contributed by atoms with E-state index < -0.39 is 23.1 Å². The molecular weight excluding hydrogens is 447 g/mol. The van der Waals surface area contributed by atoms with Gasteiger partial charge in [-0.1, -0.05) is 12.1 Å². The first-order valence-electron chi connectivity index (χ1n) is 11.3. The van der Waals surface area contributed by atoms with Crippen molar-refractivity contribution in [3.8, 4) is 16.9 Å². The van der Waals surface area contributed by atoms with E-state index in [0.29, 0.717) is 22.7 Å². The molecule has 3 aromatic heterocycles. The third-order valence-electron chi connectivity index (χ3n) is 6.99. The number of hydrogen-bond acceptors (Lipinski definition) is 4. The van der Waals surface area contributed by atoms with Gasteiger partial charge in [-0.3, -0.25) is 13.9 Å². The summed E-state index contributed by atoms with van der Waals surface area (Å²) < 4.78 is 25.5. The Balaban J connectivity index is 1.92. The van der Waals surface area contributed by atoms with E-state index in [4.69, 9.17) is 4.42 Å². The summed E-state index contributed by atoms with van der Waals surface area (Å²) in [6.45, 7) is 4.03. The van der Waals surface area contributed by atoms with Crippen molar-refractivity contribution in [2.45, 2.75) is 19.9 Å². The molecule has 6 rings (SSSR count). The molecule has 7 nitrogen and oxygen atoms in total. The van der Waals surface area contributed by atoms with Gasteiger partial charge in [0.1, 0.15) is 17.6 Å². The lowest BCUT2D eigenvalue weighted by atomic mass is 10.0. The molecule has 1 atom stereocenters. The van der Waals surface area contributed by atoms with Gasteiger partial charge >= 0.3 is 5.69 Å². The molecule has 4 heterocycles. The van der Waals surface area contributed by atoms with E-state index in [1.54, 1.807) is 37.6 Å². The molecular formula is C27H23FN4O3. The van der Waals surface area contributed by atoms with Gasteiger partial charge in [0, 0.05) is 19.7 Å². The van der Waals surface area contributed by atoms with Crippen molar-refractivity contribution in [1.82, 2.24) is 13.7 Å². The molecule has 0 spiro atoms. The van der Waals surface area contributed by atoms with Crippen LogP contribution in [0.5, 0.6) is 0 Å². The van der Waals surface area contributed by atoms with Gasteiger partial charge in [-0.25, -0.2) is 9.18 Å². The molecule has 176 valence electrons. The zero-order chi connectivity index (χ0) is 24.6. The van der Waals surface area contributed by atoms with E-state index in [9.17, 15) is 9.59 Å². The molecule has 0 fully saturated rings. The molecule has 0 bridgehead atoms. The predicted octanol–water partition coefficient (Wildman–Crippen LogP) is 4.56. The first-order chi connectivity index (χ1) is 16.8. The monoisotopic (exact) mass is 470 g/mol. The summed E-state index contributed by atoms with van der Waals surface area (Å²) in [5.41, 5.74) is 4.56. The zero-order valence-corrected chi connectivity index (χ0v) is 19.7. The predicted molar refractivity (Wildman–Crippen MR) is 133 cm³/mol. The number of halogens is 1. The molecule has 0 saturated heterocycles. The second kappa shape index (κ2) is 7.33. The largest absolute Gasteiger partial charge is 0.467 e. The van der Waals surface area contributed by atoms with Crippen molar-refractivity contribution < 1.29 is 8.81 Å². The molecule has 1 aliphatic rings. The Labute approximate surface area is 199 Å². The minimum atomic E-state index is -0.514. The van der Waals surface area contributed by atoms with Gasteiger partial charge in [0.15, 0.2) is 0 Å². The fourth-order valence-electron chi connectivity index (χ4n) is 5.11. The number of furan rings is 1. The Morgan fingerprint density at radius 3 is 2.43 bits per heavy atom. The summed E-state index contributed by atoms with van der Waals surface area (Å²) in [6, 6.07) is 13.6. The second-order valence-corrected chi connectivity index (χ2v) is 9.02. The highest BCUT2D eigenvalue weighted by molar-refractivity contribution is 5.99. The van der Waals surface area contributed by atoms with Crippen molar-refractivity contribution in [2.24, 2.45) is 14.1 Å². The Morgan fingerprint density at radius 2 is 1.71 bits per heavy atom. The van der Waals surface area contributed by atoms with Gasteiger partial charge in [0.2, 0.25) is 0 Å². The lowest BCUT2D eigenvalue weighted by molar-refractivity contribution is 0.492. The fraction of sp³-hybridized carbons (Fsp3) is 0.185. The van der Waals surface area contributed by atoms with Gasteiger partial charge in [0.05, 0.1) is 39.9 Å². The standard InChI is InChI=1S/C27H23FN4O3/c1-14-12-18-19(13-15(14)2)32-23(16-8-5-6-9-17(16)28)21-24(30(3)27(34)31(4)26(21)33)25(32)22(29-18)20-10-7-11-35-20/h5-13,22,29H,1-4H3/t22-/m1/s1. The van der Waals surface area contributed by atoms with Crippen LogP contribution in [0.25, 0.3) is 27.8 Å². The van der Waals surface area contributed by atoms with Crippen molar-refractivity contribution in [3.63, 3.8) is 0 Å². The van der Waals surface area contributed by atoms with E-state index in [1.165, 1.54) is 17.7 Å².